The van der Waals surface area contributed by atoms with Gasteiger partial charge in [-0.2, -0.15) is 0 Å². The highest BCUT2D eigenvalue weighted by molar-refractivity contribution is 5.92. The standard InChI is InChI=1S/C13H13NO3/c1-2-5-17-11-3-4-12-9(7-11)6-10(8-14-12)13(15)16/h3-4,6-8H,2,5H2,1H3,(H,15,16). The van der Waals surface area contributed by atoms with Crippen LogP contribution in [0.3, 0.4) is 0 Å². The summed E-state index contributed by atoms with van der Waals surface area (Å²) in [5, 5.41) is 9.66. The molecule has 17 heavy (non-hydrogen) atoms. The van der Waals surface area contributed by atoms with E-state index in [1.54, 1.807) is 6.07 Å². The molecule has 88 valence electrons. The third-order valence-corrected chi connectivity index (χ3v) is 2.37. The van der Waals surface area contributed by atoms with Crippen LogP contribution in [0.1, 0.15) is 23.7 Å². The number of hydrogen-bond acceptors (Lipinski definition) is 3. The van der Waals surface area contributed by atoms with E-state index in [0.717, 1.165) is 23.1 Å². The van der Waals surface area contributed by atoms with Gasteiger partial charge in [0.2, 0.25) is 0 Å². The van der Waals surface area contributed by atoms with Gasteiger partial charge in [0.25, 0.3) is 0 Å². The summed E-state index contributed by atoms with van der Waals surface area (Å²) < 4.78 is 5.49. The molecule has 1 aromatic heterocycles. The van der Waals surface area contributed by atoms with Gasteiger partial charge in [0.1, 0.15) is 5.75 Å². The number of aromatic carboxylic acids is 1. The number of pyridine rings is 1. The number of aromatic nitrogens is 1. The largest absolute Gasteiger partial charge is 0.494 e. The summed E-state index contributed by atoms with van der Waals surface area (Å²) in [6.45, 7) is 2.68. The fourth-order valence-electron chi connectivity index (χ4n) is 1.54. The predicted octanol–water partition coefficient (Wildman–Crippen LogP) is 2.72. The minimum atomic E-state index is -0.973. The van der Waals surface area contributed by atoms with E-state index in [9.17, 15) is 4.79 Å². The molecular formula is C13H13NO3. The molecule has 0 aliphatic carbocycles. The molecule has 0 unspecified atom stereocenters. The van der Waals surface area contributed by atoms with E-state index in [1.807, 2.05) is 25.1 Å². The van der Waals surface area contributed by atoms with Crippen molar-refractivity contribution in [3.05, 3.63) is 36.0 Å². The van der Waals surface area contributed by atoms with Gasteiger partial charge in [-0.25, -0.2) is 4.79 Å². The highest BCUT2D eigenvalue weighted by Crippen LogP contribution is 2.20. The number of carboxylic acid groups (broad SMARTS) is 1. The average molecular weight is 231 g/mol. The summed E-state index contributed by atoms with van der Waals surface area (Å²) in [6.07, 6.45) is 2.29. The fraction of sp³-hybridized carbons (Fsp3) is 0.231. The third-order valence-electron chi connectivity index (χ3n) is 2.37. The minimum absolute atomic E-state index is 0.185. The van der Waals surface area contributed by atoms with Crippen LogP contribution in [0.2, 0.25) is 0 Å². The zero-order valence-corrected chi connectivity index (χ0v) is 9.51. The Bertz CT molecular complexity index is 551. The Labute approximate surface area is 98.9 Å². The van der Waals surface area contributed by atoms with Crippen molar-refractivity contribution in [3.8, 4) is 5.75 Å². The molecule has 2 rings (SSSR count). The second-order valence-electron chi connectivity index (χ2n) is 3.73. The predicted molar refractivity (Wildman–Crippen MR) is 64.5 cm³/mol. The Morgan fingerprint density at radius 1 is 1.41 bits per heavy atom. The van der Waals surface area contributed by atoms with Crippen LogP contribution in [0.25, 0.3) is 10.9 Å². The lowest BCUT2D eigenvalue weighted by molar-refractivity contribution is 0.0696. The molecule has 0 fully saturated rings. The summed E-state index contributed by atoms with van der Waals surface area (Å²) in [5.74, 6) is -0.233. The van der Waals surface area contributed by atoms with Gasteiger partial charge in [-0.3, -0.25) is 4.98 Å². The maximum Gasteiger partial charge on any atom is 0.337 e. The quantitative estimate of drug-likeness (QED) is 0.878. The lowest BCUT2D eigenvalue weighted by atomic mass is 10.1. The first-order valence-electron chi connectivity index (χ1n) is 5.46. The third kappa shape index (κ3) is 2.53. The topological polar surface area (TPSA) is 59.4 Å². The molecule has 0 spiro atoms. The van der Waals surface area contributed by atoms with Crippen LogP contribution < -0.4 is 4.74 Å². The van der Waals surface area contributed by atoms with Crippen LogP contribution in [-0.2, 0) is 0 Å². The number of carbonyl (C=O) groups is 1. The number of benzene rings is 1. The van der Waals surface area contributed by atoms with E-state index in [1.165, 1.54) is 6.20 Å². The normalized spacial score (nSPS) is 10.4. The number of nitrogens with zero attached hydrogens (tertiary/aromatic N) is 1. The summed E-state index contributed by atoms with van der Waals surface area (Å²) >= 11 is 0. The molecule has 1 N–H and O–H groups in total. The van der Waals surface area contributed by atoms with Crippen molar-refractivity contribution < 1.29 is 14.6 Å². The monoisotopic (exact) mass is 231 g/mol. The molecule has 0 aliphatic heterocycles. The molecule has 0 radical (unpaired) electrons. The van der Waals surface area contributed by atoms with E-state index >= 15 is 0 Å². The summed E-state index contributed by atoms with van der Waals surface area (Å²) in [4.78, 5) is 14.9. The molecule has 1 heterocycles. The Hall–Kier alpha value is -2.10. The van der Waals surface area contributed by atoms with Crippen LogP contribution in [-0.4, -0.2) is 22.7 Å². The second-order valence-corrected chi connectivity index (χ2v) is 3.73. The molecule has 0 saturated carbocycles. The van der Waals surface area contributed by atoms with Crippen LogP contribution in [0.5, 0.6) is 5.75 Å². The van der Waals surface area contributed by atoms with E-state index in [2.05, 4.69) is 4.98 Å². The lowest BCUT2D eigenvalue weighted by Crippen LogP contribution is -1.98. The SMILES string of the molecule is CCCOc1ccc2ncc(C(=O)O)cc2c1. The highest BCUT2D eigenvalue weighted by Gasteiger charge is 2.05. The van der Waals surface area contributed by atoms with Gasteiger partial charge in [0, 0.05) is 11.6 Å². The second kappa shape index (κ2) is 4.82. The molecule has 4 nitrogen and oxygen atoms in total. The first kappa shape index (κ1) is 11.4. The number of fused-ring (bicyclic) bond motifs is 1. The van der Waals surface area contributed by atoms with Gasteiger partial charge in [-0.1, -0.05) is 6.92 Å². The highest BCUT2D eigenvalue weighted by atomic mass is 16.5. The van der Waals surface area contributed by atoms with Gasteiger partial charge in [-0.15, -0.1) is 0 Å². The Balaban J connectivity index is 2.39. The van der Waals surface area contributed by atoms with Crippen molar-refractivity contribution >= 4 is 16.9 Å². The van der Waals surface area contributed by atoms with Crippen molar-refractivity contribution in [1.82, 2.24) is 4.98 Å². The number of rotatable bonds is 4. The van der Waals surface area contributed by atoms with Crippen molar-refractivity contribution in [3.63, 3.8) is 0 Å². The number of hydrogen-bond donors (Lipinski definition) is 1. The lowest BCUT2D eigenvalue weighted by Gasteiger charge is -2.05. The summed E-state index contributed by atoms with van der Waals surface area (Å²) in [6, 6.07) is 7.07. The van der Waals surface area contributed by atoms with Crippen molar-refractivity contribution in [2.45, 2.75) is 13.3 Å². The number of carboxylic acids is 1. The fourth-order valence-corrected chi connectivity index (χ4v) is 1.54. The van der Waals surface area contributed by atoms with E-state index in [4.69, 9.17) is 9.84 Å². The van der Waals surface area contributed by atoms with E-state index in [-0.39, 0.29) is 5.56 Å². The summed E-state index contributed by atoms with van der Waals surface area (Å²) in [7, 11) is 0. The smallest absolute Gasteiger partial charge is 0.337 e. The average Bonchev–Trinajstić information content (AvgIpc) is 2.35. The van der Waals surface area contributed by atoms with Crippen LogP contribution >= 0.6 is 0 Å². The molecule has 1 aromatic carbocycles. The molecule has 0 atom stereocenters. The minimum Gasteiger partial charge on any atom is -0.494 e. The van der Waals surface area contributed by atoms with Crippen molar-refractivity contribution in [2.24, 2.45) is 0 Å². The molecule has 0 saturated heterocycles. The van der Waals surface area contributed by atoms with Crippen LogP contribution in [0.15, 0.2) is 30.5 Å². The molecule has 0 amide bonds. The Kier molecular flexibility index (Phi) is 3.23. The molecule has 0 bridgehead atoms. The van der Waals surface area contributed by atoms with Gasteiger partial charge in [-0.05, 0) is 30.7 Å². The zero-order valence-electron chi connectivity index (χ0n) is 9.51. The van der Waals surface area contributed by atoms with Gasteiger partial charge in [0.05, 0.1) is 17.7 Å². The van der Waals surface area contributed by atoms with Gasteiger partial charge in [0.15, 0.2) is 0 Å². The first-order valence-corrected chi connectivity index (χ1v) is 5.46. The van der Waals surface area contributed by atoms with E-state index in [0.29, 0.717) is 6.61 Å². The zero-order chi connectivity index (χ0) is 12.3. The summed E-state index contributed by atoms with van der Waals surface area (Å²) in [5.41, 5.74) is 0.948. The van der Waals surface area contributed by atoms with Crippen molar-refractivity contribution in [2.75, 3.05) is 6.61 Å². The van der Waals surface area contributed by atoms with Crippen LogP contribution in [0, 0.1) is 0 Å². The van der Waals surface area contributed by atoms with Crippen LogP contribution in [0.4, 0.5) is 0 Å². The Morgan fingerprint density at radius 2 is 2.24 bits per heavy atom. The number of ether oxygens (including phenoxy) is 1. The molecule has 4 heteroatoms. The van der Waals surface area contributed by atoms with Gasteiger partial charge >= 0.3 is 5.97 Å². The molecule has 2 aromatic rings. The van der Waals surface area contributed by atoms with Crippen molar-refractivity contribution in [1.29, 1.82) is 0 Å². The molecular weight excluding hydrogens is 218 g/mol. The first-order chi connectivity index (χ1) is 8.20. The Morgan fingerprint density at radius 3 is 2.94 bits per heavy atom. The molecule has 0 aliphatic rings. The maximum absolute atomic E-state index is 10.8. The van der Waals surface area contributed by atoms with E-state index < -0.39 is 5.97 Å². The van der Waals surface area contributed by atoms with Gasteiger partial charge < -0.3 is 9.84 Å². The maximum atomic E-state index is 10.8.